The van der Waals surface area contributed by atoms with Crippen molar-refractivity contribution in [2.75, 3.05) is 0 Å². The Morgan fingerprint density at radius 2 is 1.84 bits per heavy atom. The smallest absolute Gasteiger partial charge is 0.187 e. The van der Waals surface area contributed by atoms with Crippen LogP contribution in [0, 0.1) is 6.92 Å². The molecule has 0 radical (unpaired) electrons. The molecule has 0 N–H and O–H groups in total. The monoisotopic (exact) mass is 269 g/mol. The molecule has 2 nitrogen and oxygen atoms in total. The van der Waals surface area contributed by atoms with Crippen LogP contribution in [0.3, 0.4) is 0 Å². The van der Waals surface area contributed by atoms with E-state index in [2.05, 4.69) is 22.5 Å². The lowest BCUT2D eigenvalue weighted by molar-refractivity contribution is -0.676. The molecule has 19 heavy (non-hydrogen) atoms. The second kappa shape index (κ2) is 4.63. The van der Waals surface area contributed by atoms with Gasteiger partial charge in [-0.1, -0.05) is 41.9 Å². The van der Waals surface area contributed by atoms with E-state index in [1.165, 1.54) is 5.69 Å². The lowest BCUT2D eigenvalue weighted by Gasteiger charge is -2.07. The van der Waals surface area contributed by atoms with Crippen LogP contribution >= 0.6 is 11.6 Å². The first kappa shape index (κ1) is 12.1. The van der Waals surface area contributed by atoms with Crippen LogP contribution in [0.5, 0.6) is 0 Å². The van der Waals surface area contributed by atoms with Crippen LogP contribution in [0.2, 0.25) is 5.15 Å². The summed E-state index contributed by atoms with van der Waals surface area (Å²) in [6, 6.07) is 14.2. The molecule has 0 aliphatic carbocycles. The first-order valence-electron chi connectivity index (χ1n) is 6.18. The average Bonchev–Trinajstić information content (AvgIpc) is 2.44. The van der Waals surface area contributed by atoms with Gasteiger partial charge in [-0.2, -0.15) is 0 Å². The van der Waals surface area contributed by atoms with Crippen molar-refractivity contribution in [2.45, 2.75) is 6.92 Å². The molecule has 0 unspecified atom stereocenters. The number of fused-ring (bicyclic) bond motifs is 1. The van der Waals surface area contributed by atoms with Gasteiger partial charge in [0.1, 0.15) is 12.2 Å². The molecule has 0 bridgehead atoms. The van der Waals surface area contributed by atoms with Gasteiger partial charge >= 0.3 is 0 Å². The molecule has 0 spiro atoms. The number of rotatable bonds is 1. The molecule has 0 saturated carbocycles. The fourth-order valence-corrected chi connectivity index (χ4v) is 2.48. The Labute approximate surface area is 117 Å². The maximum atomic E-state index is 6.31. The zero-order valence-electron chi connectivity index (χ0n) is 10.9. The largest absolute Gasteiger partial charge is 0.235 e. The number of hydrogen-bond donors (Lipinski definition) is 0. The van der Waals surface area contributed by atoms with E-state index in [9.17, 15) is 0 Å². The molecule has 3 rings (SSSR count). The van der Waals surface area contributed by atoms with Crippen LogP contribution in [0.1, 0.15) is 5.69 Å². The van der Waals surface area contributed by atoms with Crippen molar-refractivity contribution in [3.8, 4) is 11.1 Å². The predicted octanol–water partition coefficient (Wildman–Crippen LogP) is 3.69. The number of benzene rings is 1. The average molecular weight is 270 g/mol. The molecule has 3 aromatic rings. The van der Waals surface area contributed by atoms with Gasteiger partial charge in [-0.15, -0.1) is 0 Å². The van der Waals surface area contributed by atoms with E-state index < -0.39 is 0 Å². The SMILES string of the molecule is Cc1c2cc(-c3ccccc3)c(Cl)nc2cc[n+]1C. The summed E-state index contributed by atoms with van der Waals surface area (Å²) in [4.78, 5) is 4.51. The molecule has 0 aliphatic heterocycles. The topological polar surface area (TPSA) is 16.8 Å². The van der Waals surface area contributed by atoms with Gasteiger partial charge in [0.15, 0.2) is 11.9 Å². The molecule has 0 aliphatic rings. The number of halogens is 1. The van der Waals surface area contributed by atoms with Crippen molar-refractivity contribution < 1.29 is 4.57 Å². The lowest BCUT2D eigenvalue weighted by Crippen LogP contribution is -2.31. The summed E-state index contributed by atoms with van der Waals surface area (Å²) < 4.78 is 2.09. The Bertz CT molecular complexity index is 752. The zero-order chi connectivity index (χ0) is 13.4. The Balaban J connectivity index is 2.32. The molecule has 94 valence electrons. The molecule has 0 fully saturated rings. The van der Waals surface area contributed by atoms with E-state index in [4.69, 9.17) is 11.6 Å². The Hall–Kier alpha value is -1.93. The fourth-order valence-electron chi connectivity index (χ4n) is 2.23. The van der Waals surface area contributed by atoms with Crippen molar-refractivity contribution >= 4 is 22.5 Å². The van der Waals surface area contributed by atoms with Gasteiger partial charge < -0.3 is 0 Å². The molecule has 2 aromatic heterocycles. The molecule has 2 heterocycles. The predicted molar refractivity (Wildman–Crippen MR) is 78.1 cm³/mol. The van der Waals surface area contributed by atoms with Gasteiger partial charge in [-0.3, -0.25) is 0 Å². The van der Waals surface area contributed by atoms with Gasteiger partial charge in [0.05, 0.1) is 10.9 Å². The highest BCUT2D eigenvalue weighted by Crippen LogP contribution is 2.29. The van der Waals surface area contributed by atoms with Crippen LogP contribution in [0.4, 0.5) is 0 Å². The molecule has 0 amide bonds. The summed E-state index contributed by atoms with van der Waals surface area (Å²) in [5.74, 6) is 0. The van der Waals surface area contributed by atoms with Crippen LogP contribution in [-0.2, 0) is 7.05 Å². The number of nitrogens with zero attached hydrogens (tertiary/aromatic N) is 2. The maximum Gasteiger partial charge on any atom is 0.187 e. The Morgan fingerprint density at radius 3 is 2.58 bits per heavy atom. The van der Waals surface area contributed by atoms with Gasteiger partial charge in [0.25, 0.3) is 0 Å². The van der Waals surface area contributed by atoms with Crippen LogP contribution in [-0.4, -0.2) is 4.98 Å². The van der Waals surface area contributed by atoms with E-state index in [1.807, 2.05) is 49.6 Å². The third-order valence-corrected chi connectivity index (χ3v) is 3.75. The van der Waals surface area contributed by atoms with Crippen molar-refractivity contribution in [3.05, 3.63) is 59.5 Å². The number of pyridine rings is 2. The molecule has 0 saturated heterocycles. The first-order chi connectivity index (χ1) is 9.16. The number of hydrogen-bond acceptors (Lipinski definition) is 1. The number of aromatic nitrogens is 2. The first-order valence-corrected chi connectivity index (χ1v) is 6.55. The van der Waals surface area contributed by atoms with E-state index in [0.717, 1.165) is 22.0 Å². The number of aryl methyl sites for hydroxylation is 2. The fraction of sp³-hybridized carbons (Fsp3) is 0.125. The summed E-state index contributed by atoms with van der Waals surface area (Å²) >= 11 is 6.31. The highest BCUT2D eigenvalue weighted by molar-refractivity contribution is 6.32. The van der Waals surface area contributed by atoms with Gasteiger partial charge in [-0.25, -0.2) is 9.55 Å². The molecular weight excluding hydrogens is 256 g/mol. The molecule has 3 heteroatoms. The lowest BCUT2D eigenvalue weighted by atomic mass is 10.1. The standard InChI is InChI=1S/C16H14ClN2/c1-11-13-10-14(12-6-4-3-5-7-12)16(17)18-15(13)8-9-19(11)2/h3-10H,1-2H3/q+1. The second-order valence-electron chi connectivity index (χ2n) is 4.64. The van der Waals surface area contributed by atoms with E-state index in [0.29, 0.717) is 5.15 Å². The Morgan fingerprint density at radius 1 is 1.11 bits per heavy atom. The second-order valence-corrected chi connectivity index (χ2v) is 5.00. The normalized spacial score (nSPS) is 10.9. The highest BCUT2D eigenvalue weighted by atomic mass is 35.5. The van der Waals surface area contributed by atoms with Crippen LogP contribution in [0.15, 0.2) is 48.7 Å². The van der Waals surface area contributed by atoms with E-state index in [-0.39, 0.29) is 0 Å². The highest BCUT2D eigenvalue weighted by Gasteiger charge is 2.12. The summed E-state index contributed by atoms with van der Waals surface area (Å²) in [6.45, 7) is 2.09. The zero-order valence-corrected chi connectivity index (χ0v) is 11.6. The summed E-state index contributed by atoms with van der Waals surface area (Å²) in [7, 11) is 2.03. The van der Waals surface area contributed by atoms with Crippen LogP contribution < -0.4 is 4.57 Å². The molecule has 1 aromatic carbocycles. The van der Waals surface area contributed by atoms with Crippen molar-refractivity contribution in [2.24, 2.45) is 7.05 Å². The van der Waals surface area contributed by atoms with Crippen molar-refractivity contribution in [3.63, 3.8) is 0 Å². The quantitative estimate of drug-likeness (QED) is 0.486. The Kier molecular flexibility index (Phi) is 2.96. The van der Waals surface area contributed by atoms with Crippen molar-refractivity contribution in [1.82, 2.24) is 4.98 Å². The summed E-state index contributed by atoms with van der Waals surface area (Å²) in [6.07, 6.45) is 2.00. The van der Waals surface area contributed by atoms with E-state index in [1.54, 1.807) is 0 Å². The third-order valence-electron chi connectivity index (χ3n) is 3.47. The van der Waals surface area contributed by atoms with Crippen LogP contribution in [0.25, 0.3) is 22.0 Å². The van der Waals surface area contributed by atoms with Gasteiger partial charge in [-0.05, 0) is 11.6 Å². The minimum atomic E-state index is 0.548. The van der Waals surface area contributed by atoms with Crippen molar-refractivity contribution in [1.29, 1.82) is 0 Å². The van der Waals surface area contributed by atoms with Gasteiger partial charge in [0.2, 0.25) is 0 Å². The minimum absolute atomic E-state index is 0.548. The molecular formula is C16H14ClN2+. The molecule has 0 atom stereocenters. The minimum Gasteiger partial charge on any atom is -0.235 e. The maximum absolute atomic E-state index is 6.31. The summed E-state index contributed by atoms with van der Waals surface area (Å²) in [5.41, 5.74) is 4.18. The third kappa shape index (κ3) is 2.08. The van der Waals surface area contributed by atoms with E-state index >= 15 is 0 Å². The van der Waals surface area contributed by atoms with Gasteiger partial charge in [0, 0.05) is 18.6 Å². The summed E-state index contributed by atoms with van der Waals surface area (Å²) in [5, 5.41) is 1.68.